The summed E-state index contributed by atoms with van der Waals surface area (Å²) >= 11 is 0. The Kier molecular flexibility index (Phi) is 16.0. The summed E-state index contributed by atoms with van der Waals surface area (Å²) in [4.78, 5) is 5.49. The third-order valence-corrected chi connectivity index (χ3v) is 26.7. The van der Waals surface area contributed by atoms with Gasteiger partial charge in [0, 0.05) is 83.2 Å². The molecule has 5 heterocycles. The van der Waals surface area contributed by atoms with E-state index in [2.05, 4.69) is 450 Å². The highest BCUT2D eigenvalue weighted by atomic mass is 16.3. The maximum Gasteiger partial charge on any atom is 0.252 e. The largest absolute Gasteiger partial charge is 0.456 e. The predicted molar refractivity (Wildman–Crippen MR) is 516 cm³/mol. The van der Waals surface area contributed by atoms with E-state index in [-0.39, 0.29) is 23.5 Å². The number of anilines is 6. The van der Waals surface area contributed by atoms with Crippen LogP contribution in [-0.2, 0) is 10.8 Å². The fourth-order valence-electron chi connectivity index (χ4n) is 20.8. The molecule has 0 radical (unpaired) electrons. The molecule has 0 unspecified atom stereocenters. The van der Waals surface area contributed by atoms with Crippen LogP contribution >= 0.6 is 0 Å². The summed E-state index contributed by atoms with van der Waals surface area (Å²) in [6.45, 7) is 13.5. The summed E-state index contributed by atoms with van der Waals surface area (Å²) in [5.74, 6) is -0.0553. The van der Waals surface area contributed by atoms with E-state index in [9.17, 15) is 0 Å². The van der Waals surface area contributed by atoms with Gasteiger partial charge in [0.1, 0.15) is 11.2 Å². The molecule has 0 N–H and O–H groups in total. The summed E-state index contributed by atoms with van der Waals surface area (Å²) < 4.78 is 9.14. The first-order valence-electron chi connectivity index (χ1n) is 42.9. The Hall–Kier alpha value is -14.8. The lowest BCUT2D eigenvalue weighted by Crippen LogP contribution is -2.61. The van der Waals surface area contributed by atoms with Crippen LogP contribution in [0.2, 0.25) is 0 Å². The molecular weight excluding hydrogens is 1470 g/mol. The number of furan rings is 1. The second kappa shape index (κ2) is 27.4. The molecule has 3 aliphatic rings. The third kappa shape index (κ3) is 11.2. The first-order chi connectivity index (χ1) is 59.8. The number of fused-ring (bicyclic) bond motifs is 16. The summed E-state index contributed by atoms with van der Waals surface area (Å²) in [5.41, 5.74) is 42.5. The normalized spacial score (nSPS) is 13.1. The van der Waals surface area contributed by atoms with E-state index >= 15 is 0 Å². The van der Waals surface area contributed by atoms with Gasteiger partial charge in [-0.3, -0.25) is 0 Å². The van der Waals surface area contributed by atoms with Gasteiger partial charge in [0.2, 0.25) is 0 Å². The van der Waals surface area contributed by atoms with Crippen molar-refractivity contribution in [1.29, 1.82) is 0 Å². The Balaban J connectivity index is 0.870. The smallest absolute Gasteiger partial charge is 0.252 e. The number of benzene rings is 18. The van der Waals surface area contributed by atoms with Crippen molar-refractivity contribution in [2.24, 2.45) is 0 Å². The second-order valence-electron chi connectivity index (χ2n) is 35.8. The molecule has 576 valence electrons. The molecule has 0 bridgehead atoms. The number of rotatable bonds is 11. The summed E-state index contributed by atoms with van der Waals surface area (Å²) in [6, 6.07) is 151. The number of nitrogens with zero attached hydrogens (tertiary/aromatic N) is 3. The predicted octanol–water partition coefficient (Wildman–Crippen LogP) is 29.9. The third-order valence-electron chi connectivity index (χ3n) is 26.7. The number of hydrogen-bond donors (Lipinski definition) is 0. The maximum atomic E-state index is 6.62. The summed E-state index contributed by atoms with van der Waals surface area (Å²) in [7, 11) is 0. The topological polar surface area (TPSA) is 24.0 Å². The molecule has 0 fully saturated rings. The standard InChI is InChI=1S/C117H84BN3O/c1-116(2,3)85-54-46-72(47-55-85)82-64-95(74-28-11-7-12-29-74)114(96(65-82)75-30-13-8-14-31-75)120-105-68-80(78-53-61-110-100(63-78)90-39-24-26-45-109(90)122-110)50-58-101(105)118-102-59-51-81(111-91-40-21-19-36-87(91)88-37-20-22-41-92(88)111)69-106(102)121(115-97(76-32-15-9-16-33-76)66-83(67-98(115)77-34-17-10-18-35-77)73-48-56-86(57-49-73)117(4,5)6)108-71-84(70-107(120)112(108)118)79-52-60-104-99(62-79)94-43-27-42-93-89-38-23-25-44-103(89)119(104)113(93)94/h7-71,111H,1-6H3. The van der Waals surface area contributed by atoms with Crippen molar-refractivity contribution in [3.05, 3.63) is 422 Å². The molecule has 0 amide bonds. The van der Waals surface area contributed by atoms with E-state index in [4.69, 9.17) is 4.42 Å². The van der Waals surface area contributed by atoms with Crippen LogP contribution in [0, 0.1) is 0 Å². The quantitative estimate of drug-likeness (QED) is 0.121. The van der Waals surface area contributed by atoms with Gasteiger partial charge in [0.15, 0.2) is 0 Å². The Labute approximate surface area is 711 Å². The van der Waals surface area contributed by atoms with Gasteiger partial charge in [-0.1, -0.05) is 351 Å². The second-order valence-corrected chi connectivity index (χ2v) is 35.8. The highest BCUT2D eigenvalue weighted by molar-refractivity contribution is 7.00. The van der Waals surface area contributed by atoms with E-state index in [0.717, 1.165) is 145 Å². The van der Waals surface area contributed by atoms with Crippen LogP contribution in [0.5, 0.6) is 0 Å². The summed E-state index contributed by atoms with van der Waals surface area (Å²) in [6.07, 6.45) is 0. The molecule has 122 heavy (non-hydrogen) atoms. The molecule has 0 spiro atoms. The van der Waals surface area contributed by atoms with Crippen molar-refractivity contribution in [3.63, 3.8) is 0 Å². The molecular formula is C117H84BN3O. The maximum absolute atomic E-state index is 6.62. The van der Waals surface area contributed by atoms with E-state index < -0.39 is 0 Å². The Bertz CT molecular complexity index is 7650. The van der Waals surface area contributed by atoms with Crippen molar-refractivity contribution in [2.45, 2.75) is 58.3 Å². The van der Waals surface area contributed by atoms with Gasteiger partial charge in [-0.05, 0) is 218 Å². The van der Waals surface area contributed by atoms with E-state index in [0.29, 0.717) is 0 Å². The van der Waals surface area contributed by atoms with Gasteiger partial charge in [0.05, 0.1) is 27.9 Å². The van der Waals surface area contributed by atoms with Gasteiger partial charge in [-0.2, -0.15) is 0 Å². The average molecular weight is 1560 g/mol. The lowest BCUT2D eigenvalue weighted by atomic mass is 9.33. The minimum absolute atomic E-state index is 0.0334. The highest BCUT2D eigenvalue weighted by Gasteiger charge is 2.47. The molecule has 21 aromatic rings. The zero-order valence-corrected chi connectivity index (χ0v) is 68.9. The molecule has 0 atom stereocenters. The molecule has 5 heteroatoms. The van der Waals surface area contributed by atoms with Crippen LogP contribution in [0.15, 0.2) is 399 Å². The van der Waals surface area contributed by atoms with Crippen molar-refractivity contribution < 1.29 is 4.42 Å². The highest BCUT2D eigenvalue weighted by Crippen LogP contribution is 2.58. The molecule has 18 aromatic carbocycles. The van der Waals surface area contributed by atoms with Crippen molar-refractivity contribution in [3.8, 4) is 100 Å². The van der Waals surface area contributed by atoms with Crippen molar-refractivity contribution in [1.82, 2.24) is 4.40 Å². The minimum Gasteiger partial charge on any atom is -0.456 e. The van der Waals surface area contributed by atoms with Crippen LogP contribution in [0.25, 0.3) is 160 Å². The van der Waals surface area contributed by atoms with Gasteiger partial charge in [0.25, 0.3) is 6.71 Å². The fraction of sp³-hybridized carbons (Fsp3) is 0.0769. The minimum atomic E-state index is -0.309. The van der Waals surface area contributed by atoms with Crippen LogP contribution in [0.4, 0.5) is 34.1 Å². The zero-order valence-electron chi connectivity index (χ0n) is 68.9. The van der Waals surface area contributed by atoms with Gasteiger partial charge >= 0.3 is 0 Å². The number of hydrogen-bond acceptors (Lipinski definition) is 3. The average Bonchev–Trinajstić information content (AvgIpc) is 1.12. The first-order valence-corrected chi connectivity index (χ1v) is 42.9. The number of para-hydroxylation sites is 3. The number of aromatic nitrogens is 1. The molecule has 24 rings (SSSR count). The monoisotopic (exact) mass is 1560 g/mol. The zero-order chi connectivity index (χ0) is 81.4. The van der Waals surface area contributed by atoms with E-state index in [1.54, 1.807) is 0 Å². The van der Waals surface area contributed by atoms with Gasteiger partial charge in [-0.15, -0.1) is 0 Å². The summed E-state index contributed by atoms with van der Waals surface area (Å²) in [5, 5.41) is 7.15. The molecule has 2 aliphatic heterocycles. The Morgan fingerprint density at radius 1 is 0.254 bits per heavy atom. The molecule has 0 saturated heterocycles. The molecule has 1 aliphatic carbocycles. The van der Waals surface area contributed by atoms with Crippen molar-refractivity contribution in [2.75, 3.05) is 9.80 Å². The van der Waals surface area contributed by atoms with Crippen LogP contribution in [0.3, 0.4) is 0 Å². The molecule has 0 saturated carbocycles. The van der Waals surface area contributed by atoms with Crippen LogP contribution in [0.1, 0.15) is 75.3 Å². The Morgan fingerprint density at radius 2 is 0.639 bits per heavy atom. The van der Waals surface area contributed by atoms with Crippen molar-refractivity contribution >= 4 is 117 Å². The molecule has 3 aromatic heterocycles. The van der Waals surface area contributed by atoms with E-state index in [1.807, 2.05) is 0 Å². The van der Waals surface area contributed by atoms with Gasteiger partial charge in [-0.25, -0.2) is 0 Å². The first kappa shape index (κ1) is 71.3. The fourth-order valence-corrected chi connectivity index (χ4v) is 20.8. The van der Waals surface area contributed by atoms with Crippen LogP contribution in [-0.4, -0.2) is 11.1 Å². The Morgan fingerprint density at radius 3 is 1.18 bits per heavy atom. The van der Waals surface area contributed by atoms with E-state index in [1.165, 1.54) is 93.4 Å². The van der Waals surface area contributed by atoms with Crippen LogP contribution < -0.4 is 26.2 Å². The lowest BCUT2D eigenvalue weighted by Gasteiger charge is -2.46. The van der Waals surface area contributed by atoms with Gasteiger partial charge < -0.3 is 18.6 Å². The lowest BCUT2D eigenvalue weighted by molar-refractivity contribution is 0.590. The molecule has 4 nitrogen and oxygen atoms in total. The SMILES string of the molecule is CC(C)(C)c1ccc(-c2cc(-c3ccccc3)c(N3c4cc(-c5ccc6oc7ccccc7c6c5)ccc4B4c5ccc(C6c7ccccc7-c7ccccc76)cc5N(c5c(-c6ccccc6)cc(-c6ccc(C(C)(C)C)cc6)cc5-c5ccccc5)c5cc(-c6ccc7c(c6)c6cccc8c9ccccc9n7c86)cc3c54)c(-c3ccccc3)c2)cc1.